The van der Waals surface area contributed by atoms with Crippen LogP contribution in [0.4, 0.5) is 5.69 Å². The average Bonchev–Trinajstić information content (AvgIpc) is 2.26. The molecular formula is C13H14ClNO. The van der Waals surface area contributed by atoms with E-state index in [9.17, 15) is 0 Å². The molecule has 0 aliphatic rings. The summed E-state index contributed by atoms with van der Waals surface area (Å²) in [5.74, 6) is 0.604. The first-order chi connectivity index (χ1) is 7.67. The Kier molecular flexibility index (Phi) is 4.67. The minimum atomic E-state index is 0.402. The van der Waals surface area contributed by atoms with Gasteiger partial charge < -0.3 is 10.5 Å². The standard InChI is InChI=1S/C13H14ClNO/c1-3-5-10(4-2)9-16-13-7-6-11(15)8-12(13)14/h3-8H,1-2,9,15H2/b10-5+. The molecule has 0 atom stereocenters. The maximum atomic E-state index is 5.96. The van der Waals surface area contributed by atoms with Crippen molar-refractivity contribution >= 4 is 17.3 Å². The molecule has 3 heteroatoms. The maximum Gasteiger partial charge on any atom is 0.138 e. The Hall–Kier alpha value is -1.67. The highest BCUT2D eigenvalue weighted by molar-refractivity contribution is 6.32. The molecule has 0 aromatic heterocycles. The van der Waals surface area contributed by atoms with Crippen LogP contribution in [0.5, 0.6) is 5.75 Å². The first-order valence-electron chi connectivity index (χ1n) is 4.79. The smallest absolute Gasteiger partial charge is 0.138 e. The zero-order valence-corrected chi connectivity index (χ0v) is 9.70. The molecule has 0 bridgehead atoms. The van der Waals surface area contributed by atoms with Crippen LogP contribution >= 0.6 is 11.6 Å². The summed E-state index contributed by atoms with van der Waals surface area (Å²) in [7, 11) is 0. The van der Waals surface area contributed by atoms with Crippen molar-refractivity contribution in [2.24, 2.45) is 0 Å². The van der Waals surface area contributed by atoms with Crippen LogP contribution in [0.2, 0.25) is 5.02 Å². The molecule has 2 nitrogen and oxygen atoms in total. The Morgan fingerprint density at radius 2 is 2.19 bits per heavy atom. The molecule has 84 valence electrons. The van der Waals surface area contributed by atoms with E-state index in [1.54, 1.807) is 30.4 Å². The number of allylic oxidation sites excluding steroid dienone is 2. The third kappa shape index (κ3) is 3.48. The molecule has 1 rings (SSSR count). The third-order valence-electron chi connectivity index (χ3n) is 1.94. The van der Waals surface area contributed by atoms with Crippen LogP contribution in [0.25, 0.3) is 0 Å². The van der Waals surface area contributed by atoms with E-state index in [1.807, 2.05) is 6.08 Å². The van der Waals surface area contributed by atoms with E-state index < -0.39 is 0 Å². The molecule has 0 saturated heterocycles. The lowest BCUT2D eigenvalue weighted by molar-refractivity contribution is 0.356. The highest BCUT2D eigenvalue weighted by atomic mass is 35.5. The van der Waals surface area contributed by atoms with E-state index >= 15 is 0 Å². The van der Waals surface area contributed by atoms with Gasteiger partial charge in [0, 0.05) is 5.69 Å². The molecular weight excluding hydrogens is 222 g/mol. The number of hydrogen-bond acceptors (Lipinski definition) is 2. The van der Waals surface area contributed by atoms with E-state index in [2.05, 4.69) is 13.2 Å². The summed E-state index contributed by atoms with van der Waals surface area (Å²) in [6.07, 6.45) is 5.23. The molecule has 0 saturated carbocycles. The Morgan fingerprint density at radius 1 is 1.44 bits per heavy atom. The van der Waals surface area contributed by atoms with Gasteiger partial charge in [0.25, 0.3) is 0 Å². The van der Waals surface area contributed by atoms with Gasteiger partial charge in [-0.15, -0.1) is 0 Å². The van der Waals surface area contributed by atoms with Gasteiger partial charge in [0.2, 0.25) is 0 Å². The predicted octanol–water partition coefficient (Wildman–Crippen LogP) is 3.60. The highest BCUT2D eigenvalue weighted by Gasteiger charge is 2.02. The molecule has 1 aromatic rings. The summed E-state index contributed by atoms with van der Waals surface area (Å²) in [6, 6.07) is 5.14. The number of benzene rings is 1. The van der Waals surface area contributed by atoms with E-state index in [0.29, 0.717) is 23.1 Å². The lowest BCUT2D eigenvalue weighted by atomic mass is 10.2. The van der Waals surface area contributed by atoms with Gasteiger partial charge in [-0.3, -0.25) is 0 Å². The van der Waals surface area contributed by atoms with Crippen LogP contribution in [0.3, 0.4) is 0 Å². The molecule has 1 aromatic carbocycles. The summed E-state index contributed by atoms with van der Waals surface area (Å²) in [5, 5.41) is 0.502. The molecule has 0 fully saturated rings. The molecule has 2 N–H and O–H groups in total. The summed E-state index contributed by atoms with van der Waals surface area (Å²) >= 11 is 5.96. The molecule has 0 unspecified atom stereocenters. The van der Waals surface area contributed by atoms with Gasteiger partial charge in [0.15, 0.2) is 0 Å². The number of hydrogen-bond donors (Lipinski definition) is 1. The van der Waals surface area contributed by atoms with E-state index in [1.165, 1.54) is 0 Å². The molecule has 0 radical (unpaired) electrons. The number of anilines is 1. The number of nitrogen functional groups attached to an aromatic ring is 1. The Balaban J connectivity index is 2.70. The van der Waals surface area contributed by atoms with Gasteiger partial charge in [-0.1, -0.05) is 43.0 Å². The predicted molar refractivity (Wildman–Crippen MR) is 69.8 cm³/mol. The Labute approximate surface area is 101 Å². The van der Waals surface area contributed by atoms with E-state index in [4.69, 9.17) is 22.1 Å². The van der Waals surface area contributed by atoms with Crippen molar-refractivity contribution < 1.29 is 4.74 Å². The first-order valence-corrected chi connectivity index (χ1v) is 5.17. The van der Waals surface area contributed by atoms with E-state index in [-0.39, 0.29) is 0 Å². The van der Waals surface area contributed by atoms with Gasteiger partial charge in [0.05, 0.1) is 5.02 Å². The number of ether oxygens (including phenoxy) is 1. The second-order valence-electron chi connectivity index (χ2n) is 3.16. The third-order valence-corrected chi connectivity index (χ3v) is 2.24. The lowest BCUT2D eigenvalue weighted by Gasteiger charge is -2.08. The highest BCUT2D eigenvalue weighted by Crippen LogP contribution is 2.26. The number of halogens is 1. The summed E-state index contributed by atoms with van der Waals surface area (Å²) in [6.45, 7) is 7.69. The van der Waals surface area contributed by atoms with Gasteiger partial charge >= 0.3 is 0 Å². The minimum Gasteiger partial charge on any atom is -0.487 e. The van der Waals surface area contributed by atoms with Gasteiger partial charge in [0.1, 0.15) is 12.4 Å². The van der Waals surface area contributed by atoms with Crippen molar-refractivity contribution in [3.8, 4) is 5.75 Å². The second-order valence-corrected chi connectivity index (χ2v) is 3.57. The maximum absolute atomic E-state index is 5.96. The quantitative estimate of drug-likeness (QED) is 0.625. The van der Waals surface area contributed by atoms with Crippen molar-refractivity contribution in [3.05, 3.63) is 60.2 Å². The Bertz CT molecular complexity index is 424. The van der Waals surface area contributed by atoms with Crippen molar-refractivity contribution in [2.45, 2.75) is 0 Å². The Morgan fingerprint density at radius 3 is 2.75 bits per heavy atom. The zero-order valence-electron chi connectivity index (χ0n) is 8.95. The topological polar surface area (TPSA) is 35.2 Å². The lowest BCUT2D eigenvalue weighted by Crippen LogP contribution is -2.00. The van der Waals surface area contributed by atoms with Crippen LogP contribution in [-0.4, -0.2) is 6.61 Å². The zero-order chi connectivity index (χ0) is 12.0. The first kappa shape index (κ1) is 12.4. The van der Waals surface area contributed by atoms with Crippen LogP contribution in [0.1, 0.15) is 0 Å². The van der Waals surface area contributed by atoms with Crippen LogP contribution in [0.15, 0.2) is 55.2 Å². The fourth-order valence-electron chi connectivity index (χ4n) is 1.12. The largest absolute Gasteiger partial charge is 0.487 e. The van der Waals surface area contributed by atoms with Crippen molar-refractivity contribution in [3.63, 3.8) is 0 Å². The van der Waals surface area contributed by atoms with Crippen molar-refractivity contribution in [2.75, 3.05) is 12.3 Å². The molecule has 0 aliphatic heterocycles. The molecule has 0 amide bonds. The van der Waals surface area contributed by atoms with Crippen LogP contribution < -0.4 is 10.5 Å². The van der Waals surface area contributed by atoms with Crippen molar-refractivity contribution in [1.82, 2.24) is 0 Å². The number of nitrogens with two attached hydrogens (primary N) is 1. The molecule has 0 spiro atoms. The van der Waals surface area contributed by atoms with Crippen molar-refractivity contribution in [1.29, 1.82) is 0 Å². The number of rotatable bonds is 5. The molecule has 0 heterocycles. The monoisotopic (exact) mass is 235 g/mol. The van der Waals surface area contributed by atoms with Crippen LogP contribution in [-0.2, 0) is 0 Å². The van der Waals surface area contributed by atoms with Gasteiger partial charge in [-0.05, 0) is 23.8 Å². The second kappa shape index (κ2) is 6.03. The molecule has 16 heavy (non-hydrogen) atoms. The molecule has 0 aliphatic carbocycles. The normalized spacial score (nSPS) is 10.9. The average molecular weight is 236 g/mol. The summed E-state index contributed by atoms with van der Waals surface area (Å²) < 4.78 is 5.52. The van der Waals surface area contributed by atoms with Gasteiger partial charge in [-0.25, -0.2) is 0 Å². The van der Waals surface area contributed by atoms with E-state index in [0.717, 1.165) is 5.57 Å². The minimum absolute atomic E-state index is 0.402. The SMILES string of the molecule is C=C/C=C(\C=C)COc1ccc(N)cc1Cl. The summed E-state index contributed by atoms with van der Waals surface area (Å²) in [4.78, 5) is 0. The van der Waals surface area contributed by atoms with Gasteiger partial charge in [-0.2, -0.15) is 0 Å². The van der Waals surface area contributed by atoms with Crippen LogP contribution in [0, 0.1) is 0 Å². The fourth-order valence-corrected chi connectivity index (χ4v) is 1.37. The fraction of sp³-hybridized carbons (Fsp3) is 0.0769. The summed E-state index contributed by atoms with van der Waals surface area (Å²) in [5.41, 5.74) is 7.12.